The van der Waals surface area contributed by atoms with Gasteiger partial charge in [-0.25, -0.2) is 4.98 Å². The number of nitrogens with one attached hydrogen (secondary N) is 2. The minimum atomic E-state index is -0.269. The molecule has 1 aliphatic heterocycles. The van der Waals surface area contributed by atoms with Gasteiger partial charge >= 0.3 is 0 Å². The van der Waals surface area contributed by atoms with Crippen molar-refractivity contribution in [1.29, 1.82) is 0 Å². The lowest BCUT2D eigenvalue weighted by Gasteiger charge is -2.32. The molecule has 1 amide bonds. The molecule has 4 N–H and O–H groups in total. The third-order valence-electron chi connectivity index (χ3n) is 4.12. The molecule has 0 saturated carbocycles. The molecular weight excluding hydrogens is 282 g/mol. The summed E-state index contributed by atoms with van der Waals surface area (Å²) in [6.07, 6.45) is 5.59. The molecule has 7 nitrogen and oxygen atoms in total. The second kappa shape index (κ2) is 7.93. The second-order valence-electron chi connectivity index (χ2n) is 5.89. The van der Waals surface area contributed by atoms with Crippen LogP contribution in [-0.4, -0.2) is 47.0 Å². The van der Waals surface area contributed by atoms with Crippen LogP contribution < -0.4 is 16.6 Å². The first-order valence-corrected chi connectivity index (χ1v) is 7.87. The Morgan fingerprint density at radius 3 is 3.09 bits per heavy atom. The summed E-state index contributed by atoms with van der Waals surface area (Å²) in [5.74, 6) is 0.743. The van der Waals surface area contributed by atoms with Crippen molar-refractivity contribution in [2.45, 2.75) is 44.6 Å². The van der Waals surface area contributed by atoms with Crippen molar-refractivity contribution in [2.24, 2.45) is 0 Å². The number of carbonyl (C=O) groups is 1. The summed E-state index contributed by atoms with van der Waals surface area (Å²) in [4.78, 5) is 32.1. The fourth-order valence-corrected chi connectivity index (χ4v) is 2.86. The van der Waals surface area contributed by atoms with Gasteiger partial charge in [-0.05, 0) is 32.9 Å². The zero-order valence-electron chi connectivity index (χ0n) is 13.1. The summed E-state index contributed by atoms with van der Waals surface area (Å²) in [7, 11) is 2.13. The van der Waals surface area contributed by atoms with Gasteiger partial charge in [0, 0.05) is 31.5 Å². The van der Waals surface area contributed by atoms with Crippen LogP contribution in [-0.2, 0) is 11.2 Å². The highest BCUT2D eigenvalue weighted by molar-refractivity contribution is 5.75. The average Bonchev–Trinajstić information content (AvgIpc) is 2.45. The molecule has 0 spiro atoms. The SMILES string of the molecule is CN1CCCC[C@@H]1CCC(=O)NCCc1nc(N)cc(=O)[nH]1. The summed E-state index contributed by atoms with van der Waals surface area (Å²) in [6.45, 7) is 1.58. The lowest BCUT2D eigenvalue weighted by molar-refractivity contribution is -0.121. The van der Waals surface area contributed by atoms with Crippen LogP contribution in [0, 0.1) is 0 Å². The molecule has 122 valence electrons. The monoisotopic (exact) mass is 307 g/mol. The number of anilines is 1. The Morgan fingerprint density at radius 2 is 2.36 bits per heavy atom. The van der Waals surface area contributed by atoms with Gasteiger partial charge < -0.3 is 20.9 Å². The van der Waals surface area contributed by atoms with Crippen LogP contribution in [0.15, 0.2) is 10.9 Å². The number of aromatic amines is 1. The molecule has 1 fully saturated rings. The number of rotatable bonds is 6. The molecule has 2 heterocycles. The van der Waals surface area contributed by atoms with Gasteiger partial charge in [0.15, 0.2) is 0 Å². The molecule has 0 bridgehead atoms. The minimum absolute atomic E-state index is 0.0465. The fourth-order valence-electron chi connectivity index (χ4n) is 2.86. The Morgan fingerprint density at radius 1 is 1.55 bits per heavy atom. The number of amides is 1. The van der Waals surface area contributed by atoms with Crippen molar-refractivity contribution in [2.75, 3.05) is 25.9 Å². The van der Waals surface area contributed by atoms with E-state index in [-0.39, 0.29) is 17.3 Å². The van der Waals surface area contributed by atoms with E-state index in [4.69, 9.17) is 5.73 Å². The third kappa shape index (κ3) is 5.14. The largest absolute Gasteiger partial charge is 0.383 e. The predicted octanol–water partition coefficient (Wildman–Crippen LogP) is 0.275. The van der Waals surface area contributed by atoms with Crippen LogP contribution in [0.25, 0.3) is 0 Å². The number of piperidine rings is 1. The van der Waals surface area contributed by atoms with Gasteiger partial charge in [0.05, 0.1) is 0 Å². The number of nitrogens with two attached hydrogens (primary N) is 1. The van der Waals surface area contributed by atoms with E-state index in [0.717, 1.165) is 13.0 Å². The quantitative estimate of drug-likeness (QED) is 0.700. The summed E-state index contributed by atoms with van der Waals surface area (Å²) >= 11 is 0. The first kappa shape index (κ1) is 16.5. The maximum Gasteiger partial charge on any atom is 0.252 e. The highest BCUT2D eigenvalue weighted by Gasteiger charge is 2.19. The topological polar surface area (TPSA) is 104 Å². The molecule has 22 heavy (non-hydrogen) atoms. The zero-order chi connectivity index (χ0) is 15.9. The van der Waals surface area contributed by atoms with Crippen molar-refractivity contribution in [3.63, 3.8) is 0 Å². The van der Waals surface area contributed by atoms with E-state index in [2.05, 4.69) is 27.2 Å². The third-order valence-corrected chi connectivity index (χ3v) is 4.12. The summed E-state index contributed by atoms with van der Waals surface area (Å²) in [5, 5.41) is 2.86. The maximum absolute atomic E-state index is 11.9. The van der Waals surface area contributed by atoms with Crippen molar-refractivity contribution in [3.8, 4) is 0 Å². The maximum atomic E-state index is 11.9. The Kier molecular flexibility index (Phi) is 5.94. The Hall–Kier alpha value is -1.89. The average molecular weight is 307 g/mol. The molecule has 1 saturated heterocycles. The molecule has 0 aromatic carbocycles. The predicted molar refractivity (Wildman–Crippen MR) is 85.5 cm³/mol. The molecule has 1 aromatic heterocycles. The number of carbonyl (C=O) groups excluding carboxylic acids is 1. The van der Waals surface area contributed by atoms with E-state index in [1.54, 1.807) is 0 Å². The smallest absolute Gasteiger partial charge is 0.252 e. The van der Waals surface area contributed by atoms with Gasteiger partial charge in [0.2, 0.25) is 5.91 Å². The van der Waals surface area contributed by atoms with Crippen LogP contribution >= 0.6 is 0 Å². The summed E-state index contributed by atoms with van der Waals surface area (Å²) in [5.41, 5.74) is 5.24. The molecule has 0 radical (unpaired) electrons. The Bertz CT molecular complexity index is 557. The second-order valence-corrected chi connectivity index (χ2v) is 5.89. The van der Waals surface area contributed by atoms with Gasteiger partial charge in [0.1, 0.15) is 11.6 Å². The highest BCUT2D eigenvalue weighted by Crippen LogP contribution is 2.18. The molecule has 1 aromatic rings. The molecule has 1 aliphatic rings. The minimum Gasteiger partial charge on any atom is -0.383 e. The zero-order valence-corrected chi connectivity index (χ0v) is 13.1. The van der Waals surface area contributed by atoms with Crippen molar-refractivity contribution in [1.82, 2.24) is 20.2 Å². The van der Waals surface area contributed by atoms with E-state index in [0.29, 0.717) is 31.3 Å². The van der Waals surface area contributed by atoms with Crippen LogP contribution in [0.2, 0.25) is 0 Å². The molecule has 0 unspecified atom stereocenters. The fraction of sp³-hybridized carbons (Fsp3) is 0.667. The first-order valence-electron chi connectivity index (χ1n) is 7.87. The Labute approximate surface area is 130 Å². The summed E-state index contributed by atoms with van der Waals surface area (Å²) < 4.78 is 0. The van der Waals surface area contributed by atoms with Gasteiger partial charge in [-0.1, -0.05) is 6.42 Å². The van der Waals surface area contributed by atoms with Crippen molar-refractivity contribution >= 4 is 11.7 Å². The summed E-state index contributed by atoms with van der Waals surface area (Å²) in [6, 6.07) is 1.76. The van der Waals surface area contributed by atoms with Gasteiger partial charge in [0.25, 0.3) is 5.56 Å². The molecule has 0 aliphatic carbocycles. The van der Waals surface area contributed by atoms with Gasteiger partial charge in [-0.2, -0.15) is 0 Å². The number of nitrogen functional groups attached to an aromatic ring is 1. The van der Waals surface area contributed by atoms with Crippen LogP contribution in [0.5, 0.6) is 0 Å². The number of hydrogen-bond donors (Lipinski definition) is 3. The van der Waals surface area contributed by atoms with Crippen LogP contribution in [0.1, 0.15) is 37.9 Å². The molecule has 7 heteroatoms. The standard InChI is InChI=1S/C15H25N5O2/c1-20-9-3-2-4-11(20)5-6-14(21)17-8-7-13-18-12(16)10-15(22)19-13/h10-11H,2-9H2,1H3,(H,17,21)(H3,16,18,19,22)/t11-/m1/s1. The number of aromatic nitrogens is 2. The number of hydrogen-bond acceptors (Lipinski definition) is 5. The molecule has 2 rings (SSSR count). The van der Waals surface area contributed by atoms with Crippen molar-refractivity contribution < 1.29 is 4.79 Å². The lowest BCUT2D eigenvalue weighted by atomic mass is 9.98. The molecule has 1 atom stereocenters. The van der Waals surface area contributed by atoms with Crippen LogP contribution in [0.3, 0.4) is 0 Å². The van der Waals surface area contributed by atoms with Crippen LogP contribution in [0.4, 0.5) is 5.82 Å². The van der Waals surface area contributed by atoms with Gasteiger partial charge in [-0.15, -0.1) is 0 Å². The van der Waals surface area contributed by atoms with Crippen molar-refractivity contribution in [3.05, 3.63) is 22.2 Å². The number of likely N-dealkylation sites (tertiary alicyclic amines) is 1. The van der Waals surface area contributed by atoms with E-state index in [1.807, 2.05) is 0 Å². The van der Waals surface area contributed by atoms with Gasteiger partial charge in [-0.3, -0.25) is 9.59 Å². The number of nitrogens with zero attached hydrogens (tertiary/aromatic N) is 2. The van der Waals surface area contributed by atoms with E-state index < -0.39 is 0 Å². The Balaban J connectivity index is 1.68. The first-order chi connectivity index (χ1) is 10.5. The molecular formula is C15H25N5O2. The van der Waals surface area contributed by atoms with E-state index >= 15 is 0 Å². The van der Waals surface area contributed by atoms with E-state index in [9.17, 15) is 9.59 Å². The van der Waals surface area contributed by atoms with E-state index in [1.165, 1.54) is 25.3 Å². The number of H-pyrrole nitrogens is 1. The normalized spacial score (nSPS) is 19.0. The lowest BCUT2D eigenvalue weighted by Crippen LogP contribution is -2.37. The highest BCUT2D eigenvalue weighted by atomic mass is 16.1.